The molecule has 2 rings (SSSR count). The molecule has 1 atom stereocenters. The number of aromatic nitrogens is 3. The van der Waals surface area contributed by atoms with Crippen LogP contribution in [0.4, 0.5) is 0 Å². The van der Waals surface area contributed by atoms with Crippen molar-refractivity contribution in [1.29, 1.82) is 0 Å². The predicted octanol–water partition coefficient (Wildman–Crippen LogP) is 2.14. The zero-order valence-electron chi connectivity index (χ0n) is 11.5. The van der Waals surface area contributed by atoms with Crippen molar-refractivity contribution in [3.05, 3.63) is 46.1 Å². The quantitative estimate of drug-likeness (QED) is 0.897. The topological polar surface area (TPSA) is 59.9 Å². The molecular formula is C14H19N3O2. The molecule has 1 aromatic carbocycles. The van der Waals surface area contributed by atoms with E-state index in [0.29, 0.717) is 6.42 Å². The van der Waals surface area contributed by atoms with Crippen LogP contribution in [0, 0.1) is 0 Å². The van der Waals surface area contributed by atoms with E-state index in [1.54, 1.807) is 11.7 Å². The highest BCUT2D eigenvalue weighted by molar-refractivity contribution is 5.28. The SMILES string of the molecule is CC[C@H](C)n1c(Cc2ccc(OC)cc2)n[nH]c1=O. The van der Waals surface area contributed by atoms with Crippen LogP contribution < -0.4 is 10.4 Å². The smallest absolute Gasteiger partial charge is 0.343 e. The van der Waals surface area contributed by atoms with Gasteiger partial charge in [0.2, 0.25) is 0 Å². The Morgan fingerprint density at radius 1 is 1.37 bits per heavy atom. The van der Waals surface area contributed by atoms with Crippen molar-refractivity contribution >= 4 is 0 Å². The molecule has 0 saturated carbocycles. The molecule has 0 aliphatic heterocycles. The van der Waals surface area contributed by atoms with E-state index >= 15 is 0 Å². The maximum Gasteiger partial charge on any atom is 0.343 e. The minimum atomic E-state index is -0.141. The third-order valence-corrected chi connectivity index (χ3v) is 3.33. The molecule has 0 spiro atoms. The normalized spacial score (nSPS) is 12.4. The minimum absolute atomic E-state index is 0.141. The summed E-state index contributed by atoms with van der Waals surface area (Å²) in [6.45, 7) is 4.08. The summed E-state index contributed by atoms with van der Waals surface area (Å²) in [4.78, 5) is 11.8. The second kappa shape index (κ2) is 5.73. The third kappa shape index (κ3) is 2.86. The predicted molar refractivity (Wildman–Crippen MR) is 73.6 cm³/mol. The molecule has 19 heavy (non-hydrogen) atoms. The van der Waals surface area contributed by atoms with E-state index in [-0.39, 0.29) is 11.7 Å². The molecule has 1 heterocycles. The molecule has 1 N–H and O–H groups in total. The molecule has 0 aliphatic rings. The van der Waals surface area contributed by atoms with Crippen LogP contribution in [0.3, 0.4) is 0 Å². The van der Waals surface area contributed by atoms with Gasteiger partial charge in [-0.2, -0.15) is 5.10 Å². The van der Waals surface area contributed by atoms with Crippen LogP contribution in [0.1, 0.15) is 37.7 Å². The Labute approximate surface area is 112 Å². The van der Waals surface area contributed by atoms with Crippen molar-refractivity contribution in [2.75, 3.05) is 7.11 Å². The lowest BCUT2D eigenvalue weighted by atomic mass is 10.1. The molecule has 2 aromatic rings. The summed E-state index contributed by atoms with van der Waals surface area (Å²) in [6, 6.07) is 7.94. The fourth-order valence-corrected chi connectivity index (χ4v) is 2.03. The molecule has 5 nitrogen and oxygen atoms in total. The maximum atomic E-state index is 11.8. The van der Waals surface area contributed by atoms with E-state index in [1.807, 2.05) is 31.2 Å². The molecule has 102 valence electrons. The highest BCUT2D eigenvalue weighted by atomic mass is 16.5. The molecular weight excluding hydrogens is 242 g/mol. The summed E-state index contributed by atoms with van der Waals surface area (Å²) in [6.07, 6.45) is 1.53. The van der Waals surface area contributed by atoms with Crippen molar-refractivity contribution < 1.29 is 4.74 Å². The Bertz CT molecular complexity index is 583. The van der Waals surface area contributed by atoms with Crippen LogP contribution in [-0.4, -0.2) is 21.9 Å². The number of hydrogen-bond donors (Lipinski definition) is 1. The van der Waals surface area contributed by atoms with E-state index < -0.39 is 0 Å². The van der Waals surface area contributed by atoms with Crippen LogP contribution >= 0.6 is 0 Å². The zero-order chi connectivity index (χ0) is 13.8. The van der Waals surface area contributed by atoms with Gasteiger partial charge in [-0.3, -0.25) is 4.57 Å². The largest absolute Gasteiger partial charge is 0.497 e. The molecule has 1 aromatic heterocycles. The van der Waals surface area contributed by atoms with Crippen LogP contribution in [0.15, 0.2) is 29.1 Å². The van der Waals surface area contributed by atoms with Gasteiger partial charge in [0.25, 0.3) is 0 Å². The number of aromatic amines is 1. The van der Waals surface area contributed by atoms with E-state index in [4.69, 9.17) is 4.74 Å². The second-order valence-corrected chi connectivity index (χ2v) is 4.60. The van der Waals surface area contributed by atoms with Gasteiger partial charge in [-0.1, -0.05) is 19.1 Å². The van der Waals surface area contributed by atoms with Gasteiger partial charge in [0.05, 0.1) is 7.11 Å². The lowest BCUT2D eigenvalue weighted by Gasteiger charge is -2.12. The molecule has 0 unspecified atom stereocenters. The number of nitrogens with zero attached hydrogens (tertiary/aromatic N) is 2. The Morgan fingerprint density at radius 3 is 2.63 bits per heavy atom. The van der Waals surface area contributed by atoms with Crippen molar-refractivity contribution in [2.45, 2.75) is 32.7 Å². The molecule has 5 heteroatoms. The molecule has 0 bridgehead atoms. The van der Waals surface area contributed by atoms with Gasteiger partial charge in [0, 0.05) is 12.5 Å². The summed E-state index contributed by atoms with van der Waals surface area (Å²) < 4.78 is 6.85. The highest BCUT2D eigenvalue weighted by Gasteiger charge is 2.13. The second-order valence-electron chi connectivity index (χ2n) is 4.60. The number of benzene rings is 1. The Morgan fingerprint density at radius 2 is 2.05 bits per heavy atom. The number of ether oxygens (including phenoxy) is 1. The van der Waals surface area contributed by atoms with E-state index in [2.05, 4.69) is 17.1 Å². The van der Waals surface area contributed by atoms with E-state index in [0.717, 1.165) is 23.6 Å². The van der Waals surface area contributed by atoms with E-state index in [9.17, 15) is 4.79 Å². The summed E-state index contributed by atoms with van der Waals surface area (Å²) >= 11 is 0. The number of H-pyrrole nitrogens is 1. The standard InChI is InChI=1S/C14H19N3O2/c1-4-10(2)17-13(15-16-14(17)18)9-11-5-7-12(19-3)8-6-11/h5-8,10H,4,9H2,1-3H3,(H,16,18)/t10-/m0/s1. The van der Waals surface area contributed by atoms with Crippen LogP contribution in [0.2, 0.25) is 0 Å². The molecule has 0 aliphatic carbocycles. The van der Waals surface area contributed by atoms with E-state index in [1.165, 1.54) is 0 Å². The third-order valence-electron chi connectivity index (χ3n) is 3.33. The van der Waals surface area contributed by atoms with Crippen LogP contribution in [0.25, 0.3) is 0 Å². The summed E-state index contributed by atoms with van der Waals surface area (Å²) in [5.41, 5.74) is 0.960. The van der Waals surface area contributed by atoms with Crippen LogP contribution in [0.5, 0.6) is 5.75 Å². The van der Waals surface area contributed by atoms with Crippen molar-refractivity contribution in [3.63, 3.8) is 0 Å². The number of nitrogens with one attached hydrogen (secondary N) is 1. The lowest BCUT2D eigenvalue weighted by Crippen LogP contribution is -2.22. The van der Waals surface area contributed by atoms with Gasteiger partial charge in [-0.15, -0.1) is 0 Å². The Kier molecular flexibility index (Phi) is 4.04. The van der Waals surface area contributed by atoms with Crippen molar-refractivity contribution in [2.24, 2.45) is 0 Å². The number of rotatable bonds is 5. The fraction of sp³-hybridized carbons (Fsp3) is 0.429. The van der Waals surface area contributed by atoms with Crippen molar-refractivity contribution in [3.8, 4) is 5.75 Å². The average molecular weight is 261 g/mol. The fourth-order valence-electron chi connectivity index (χ4n) is 2.03. The first-order valence-electron chi connectivity index (χ1n) is 6.44. The molecule has 0 radical (unpaired) electrons. The maximum absolute atomic E-state index is 11.8. The monoisotopic (exact) mass is 261 g/mol. The highest BCUT2D eigenvalue weighted by Crippen LogP contribution is 2.15. The molecule has 0 saturated heterocycles. The molecule has 0 fully saturated rings. The van der Waals surface area contributed by atoms with Gasteiger partial charge in [-0.25, -0.2) is 9.89 Å². The summed E-state index contributed by atoms with van der Waals surface area (Å²) in [5.74, 6) is 1.59. The van der Waals surface area contributed by atoms with Crippen LogP contribution in [-0.2, 0) is 6.42 Å². The van der Waals surface area contributed by atoms with Gasteiger partial charge in [-0.05, 0) is 31.0 Å². The van der Waals surface area contributed by atoms with Gasteiger partial charge in [0.1, 0.15) is 11.6 Å². The van der Waals surface area contributed by atoms with Crippen molar-refractivity contribution in [1.82, 2.24) is 14.8 Å². The first-order valence-corrected chi connectivity index (χ1v) is 6.44. The number of hydrogen-bond acceptors (Lipinski definition) is 3. The Balaban J connectivity index is 2.25. The zero-order valence-corrected chi connectivity index (χ0v) is 11.5. The first-order chi connectivity index (χ1) is 9.15. The molecule has 0 amide bonds. The minimum Gasteiger partial charge on any atom is -0.497 e. The van der Waals surface area contributed by atoms with Gasteiger partial charge in [0.15, 0.2) is 0 Å². The van der Waals surface area contributed by atoms with Gasteiger partial charge < -0.3 is 4.74 Å². The Hall–Kier alpha value is -2.04. The average Bonchev–Trinajstić information content (AvgIpc) is 2.80. The lowest BCUT2D eigenvalue weighted by molar-refractivity contribution is 0.414. The first kappa shape index (κ1) is 13.4. The summed E-state index contributed by atoms with van der Waals surface area (Å²) in [7, 11) is 1.64. The van der Waals surface area contributed by atoms with Gasteiger partial charge >= 0.3 is 5.69 Å². The summed E-state index contributed by atoms with van der Waals surface area (Å²) in [5, 5.41) is 6.64. The number of methoxy groups -OCH3 is 1.